The first-order valence-corrected chi connectivity index (χ1v) is 8.35. The summed E-state index contributed by atoms with van der Waals surface area (Å²) in [6.07, 6.45) is 3.24. The van der Waals surface area contributed by atoms with Crippen LogP contribution in [-0.4, -0.2) is 28.9 Å². The van der Waals surface area contributed by atoms with E-state index < -0.39 is 0 Å². The molecule has 0 unspecified atom stereocenters. The topological polar surface area (TPSA) is 65.4 Å². The lowest BCUT2D eigenvalue weighted by molar-refractivity contribution is -0.111. The number of anilines is 1. The molecule has 6 heteroatoms. The number of hydrogen-bond acceptors (Lipinski definition) is 4. The number of ether oxygens (including phenoxy) is 2. The van der Waals surface area contributed by atoms with E-state index in [-0.39, 0.29) is 5.91 Å². The predicted octanol–water partition coefficient (Wildman–Crippen LogP) is 3.49. The molecular formula is C19H25N3O3. The van der Waals surface area contributed by atoms with Crippen molar-refractivity contribution in [3.05, 3.63) is 41.2 Å². The van der Waals surface area contributed by atoms with Crippen molar-refractivity contribution in [3.8, 4) is 11.5 Å². The molecule has 1 N–H and O–H groups in total. The highest BCUT2D eigenvalue weighted by molar-refractivity contribution is 6.02. The maximum atomic E-state index is 12.2. The minimum absolute atomic E-state index is 0.203. The molecule has 0 spiro atoms. The molecule has 134 valence electrons. The Balaban J connectivity index is 2.12. The summed E-state index contributed by atoms with van der Waals surface area (Å²) in [7, 11) is 1.85. The van der Waals surface area contributed by atoms with E-state index in [1.54, 1.807) is 10.8 Å². The van der Waals surface area contributed by atoms with Gasteiger partial charge in [0.15, 0.2) is 11.5 Å². The second-order valence-electron chi connectivity index (χ2n) is 5.56. The van der Waals surface area contributed by atoms with Crippen LogP contribution in [0.25, 0.3) is 6.08 Å². The van der Waals surface area contributed by atoms with Crippen LogP contribution < -0.4 is 14.8 Å². The van der Waals surface area contributed by atoms with Crippen molar-refractivity contribution in [1.82, 2.24) is 9.78 Å². The minimum Gasteiger partial charge on any atom is -0.490 e. The van der Waals surface area contributed by atoms with Crippen LogP contribution in [0.15, 0.2) is 24.3 Å². The normalized spacial score (nSPS) is 10.9. The van der Waals surface area contributed by atoms with Crippen LogP contribution in [0.5, 0.6) is 11.5 Å². The first-order valence-electron chi connectivity index (χ1n) is 8.35. The Morgan fingerprint density at radius 2 is 1.88 bits per heavy atom. The molecule has 1 amide bonds. The van der Waals surface area contributed by atoms with Gasteiger partial charge in [-0.15, -0.1) is 0 Å². The van der Waals surface area contributed by atoms with Gasteiger partial charge in [-0.2, -0.15) is 5.10 Å². The monoisotopic (exact) mass is 343 g/mol. The Labute approximate surface area is 148 Å². The molecular weight excluding hydrogens is 318 g/mol. The summed E-state index contributed by atoms with van der Waals surface area (Å²) in [4.78, 5) is 12.2. The molecule has 25 heavy (non-hydrogen) atoms. The molecule has 1 aromatic heterocycles. The molecule has 0 fully saturated rings. The van der Waals surface area contributed by atoms with Crippen molar-refractivity contribution in [1.29, 1.82) is 0 Å². The van der Waals surface area contributed by atoms with Crippen LogP contribution in [0.1, 0.15) is 30.8 Å². The van der Waals surface area contributed by atoms with E-state index in [1.807, 2.05) is 52.9 Å². The predicted molar refractivity (Wildman–Crippen MR) is 99.1 cm³/mol. The summed E-state index contributed by atoms with van der Waals surface area (Å²) in [6.45, 7) is 8.75. The van der Waals surface area contributed by atoms with E-state index in [0.717, 1.165) is 22.6 Å². The van der Waals surface area contributed by atoms with Crippen molar-refractivity contribution in [2.24, 2.45) is 7.05 Å². The van der Waals surface area contributed by atoms with Crippen molar-refractivity contribution in [3.63, 3.8) is 0 Å². The number of hydrogen-bond donors (Lipinski definition) is 1. The van der Waals surface area contributed by atoms with Gasteiger partial charge < -0.3 is 14.8 Å². The third-order valence-corrected chi connectivity index (χ3v) is 3.75. The van der Waals surface area contributed by atoms with Crippen molar-refractivity contribution in [2.45, 2.75) is 27.7 Å². The maximum absolute atomic E-state index is 12.2. The zero-order chi connectivity index (χ0) is 18.4. The van der Waals surface area contributed by atoms with Gasteiger partial charge in [0.25, 0.3) is 0 Å². The second-order valence-corrected chi connectivity index (χ2v) is 5.56. The van der Waals surface area contributed by atoms with E-state index in [4.69, 9.17) is 9.47 Å². The molecule has 6 nitrogen and oxygen atoms in total. The Bertz CT molecular complexity index is 778. The molecule has 0 aliphatic rings. The summed E-state index contributed by atoms with van der Waals surface area (Å²) in [5.41, 5.74) is 3.32. The highest BCUT2D eigenvalue weighted by Crippen LogP contribution is 2.29. The molecule has 0 atom stereocenters. The van der Waals surface area contributed by atoms with E-state index in [2.05, 4.69) is 10.4 Å². The number of carbonyl (C=O) groups is 1. The average molecular weight is 343 g/mol. The number of nitrogens with one attached hydrogen (secondary N) is 1. The number of carbonyl (C=O) groups excluding carboxylic acids is 1. The van der Waals surface area contributed by atoms with Gasteiger partial charge in [0, 0.05) is 13.1 Å². The van der Waals surface area contributed by atoms with E-state index in [9.17, 15) is 4.79 Å². The average Bonchev–Trinajstić information content (AvgIpc) is 2.82. The van der Waals surface area contributed by atoms with E-state index in [1.165, 1.54) is 6.08 Å². The Hall–Kier alpha value is -2.76. The van der Waals surface area contributed by atoms with E-state index >= 15 is 0 Å². The Morgan fingerprint density at radius 1 is 1.20 bits per heavy atom. The standard InChI is InChI=1S/C19H25N3O3/c1-6-24-16-10-8-15(12-17(16)25-7-2)9-11-18(23)20-19-13(3)21-22(5)14(19)4/h8-12H,6-7H2,1-5H3,(H,20,23)/b11-9+. The van der Waals surface area contributed by atoms with Crippen LogP contribution in [0, 0.1) is 13.8 Å². The molecule has 1 aromatic carbocycles. The van der Waals surface area contributed by atoms with Crippen molar-refractivity contribution in [2.75, 3.05) is 18.5 Å². The summed E-state index contributed by atoms with van der Waals surface area (Å²) in [6, 6.07) is 5.60. The Kier molecular flexibility index (Phi) is 6.22. The molecule has 0 aliphatic carbocycles. The number of rotatable bonds is 7. The van der Waals surface area contributed by atoms with Gasteiger partial charge in [-0.05, 0) is 51.5 Å². The number of benzene rings is 1. The molecule has 0 saturated carbocycles. The zero-order valence-corrected chi connectivity index (χ0v) is 15.4. The largest absolute Gasteiger partial charge is 0.490 e. The van der Waals surface area contributed by atoms with E-state index in [0.29, 0.717) is 24.7 Å². The van der Waals surface area contributed by atoms with Gasteiger partial charge >= 0.3 is 0 Å². The molecule has 0 saturated heterocycles. The highest BCUT2D eigenvalue weighted by atomic mass is 16.5. The SMILES string of the molecule is CCOc1ccc(/C=C/C(=O)Nc2c(C)nn(C)c2C)cc1OCC. The lowest BCUT2D eigenvalue weighted by Crippen LogP contribution is -2.09. The third-order valence-electron chi connectivity index (χ3n) is 3.75. The lowest BCUT2D eigenvalue weighted by atomic mass is 10.2. The second kappa shape index (κ2) is 8.37. The number of aryl methyl sites for hydroxylation is 2. The Morgan fingerprint density at radius 3 is 2.48 bits per heavy atom. The van der Waals surface area contributed by atoms with Crippen LogP contribution in [0.4, 0.5) is 5.69 Å². The molecule has 0 radical (unpaired) electrons. The first kappa shape index (κ1) is 18.6. The number of amides is 1. The van der Waals surface area contributed by atoms with Gasteiger partial charge in [-0.25, -0.2) is 0 Å². The zero-order valence-electron chi connectivity index (χ0n) is 15.4. The van der Waals surface area contributed by atoms with Gasteiger partial charge in [-0.1, -0.05) is 6.07 Å². The van der Waals surface area contributed by atoms with Gasteiger partial charge in [-0.3, -0.25) is 9.48 Å². The summed E-state index contributed by atoms with van der Waals surface area (Å²) in [5, 5.41) is 7.16. The lowest BCUT2D eigenvalue weighted by Gasteiger charge is -2.11. The molecule has 2 aromatic rings. The first-order chi connectivity index (χ1) is 12.0. The smallest absolute Gasteiger partial charge is 0.248 e. The van der Waals surface area contributed by atoms with Crippen LogP contribution in [0.3, 0.4) is 0 Å². The quantitative estimate of drug-likeness (QED) is 0.782. The van der Waals surface area contributed by atoms with Crippen molar-refractivity contribution < 1.29 is 14.3 Å². The highest BCUT2D eigenvalue weighted by Gasteiger charge is 2.11. The molecule has 1 heterocycles. The fraction of sp³-hybridized carbons (Fsp3) is 0.368. The third kappa shape index (κ3) is 4.62. The number of nitrogens with zero attached hydrogens (tertiary/aromatic N) is 2. The molecule has 0 aliphatic heterocycles. The number of aromatic nitrogens is 2. The van der Waals surface area contributed by atoms with Crippen LogP contribution >= 0.6 is 0 Å². The van der Waals surface area contributed by atoms with Crippen LogP contribution in [-0.2, 0) is 11.8 Å². The van der Waals surface area contributed by atoms with Crippen LogP contribution in [0.2, 0.25) is 0 Å². The minimum atomic E-state index is -0.203. The fourth-order valence-corrected chi connectivity index (χ4v) is 2.46. The molecule has 2 rings (SSSR count). The maximum Gasteiger partial charge on any atom is 0.248 e. The molecule has 0 bridgehead atoms. The van der Waals surface area contributed by atoms with Gasteiger partial charge in [0.05, 0.1) is 30.3 Å². The fourth-order valence-electron chi connectivity index (χ4n) is 2.46. The van der Waals surface area contributed by atoms with Crippen molar-refractivity contribution >= 4 is 17.7 Å². The van der Waals surface area contributed by atoms with Gasteiger partial charge in [0.2, 0.25) is 5.91 Å². The van der Waals surface area contributed by atoms with Gasteiger partial charge in [0.1, 0.15) is 0 Å². The summed E-state index contributed by atoms with van der Waals surface area (Å²) in [5.74, 6) is 1.17. The summed E-state index contributed by atoms with van der Waals surface area (Å²) < 4.78 is 12.9. The summed E-state index contributed by atoms with van der Waals surface area (Å²) >= 11 is 0.